The summed E-state index contributed by atoms with van der Waals surface area (Å²) in [7, 11) is 0. The van der Waals surface area contributed by atoms with E-state index in [1.165, 1.54) is 11.1 Å². The molecule has 1 heterocycles. The molecule has 0 radical (unpaired) electrons. The summed E-state index contributed by atoms with van der Waals surface area (Å²) < 4.78 is 2.05. The zero-order valence-electron chi connectivity index (χ0n) is 21.8. The van der Waals surface area contributed by atoms with Crippen molar-refractivity contribution in [1.29, 1.82) is 10.5 Å². The van der Waals surface area contributed by atoms with E-state index >= 15 is 0 Å². The van der Waals surface area contributed by atoms with E-state index in [2.05, 4.69) is 99.5 Å². The average Bonchev–Trinajstić information content (AvgIpc) is 3.10. The Kier molecular flexibility index (Phi) is 5.51. The molecule has 0 unspecified atom stereocenters. The number of hydrogen-bond acceptors (Lipinski definition) is 2. The van der Waals surface area contributed by atoms with Crippen LogP contribution in [0.2, 0.25) is 0 Å². The maximum Gasteiger partial charge on any atom is 0.216 e. The standard InChI is InChI=1S/C31H30N4/c1-18-24(16-32)19(2)28(34-9)29(25(18)17-33)35-26-12-10-20(30(3,4)5)14-22(26)23-15-21(31(6,7)8)11-13-27(23)35/h10-15H,1-8H3. The number of hydrogen-bond donors (Lipinski definition) is 0. The molecule has 0 spiro atoms. The highest BCUT2D eigenvalue weighted by Crippen LogP contribution is 2.43. The van der Waals surface area contributed by atoms with Crippen LogP contribution in [-0.2, 0) is 10.8 Å². The van der Waals surface area contributed by atoms with Gasteiger partial charge in [0, 0.05) is 16.3 Å². The van der Waals surface area contributed by atoms with Gasteiger partial charge in [-0.2, -0.15) is 10.5 Å². The van der Waals surface area contributed by atoms with E-state index in [-0.39, 0.29) is 10.8 Å². The molecule has 3 aromatic carbocycles. The fraction of sp³-hybridized carbons (Fsp3) is 0.323. The minimum Gasteiger partial charge on any atom is -0.318 e. The Balaban J connectivity index is 2.29. The average molecular weight is 459 g/mol. The summed E-state index contributed by atoms with van der Waals surface area (Å²) in [5.74, 6) is 0. The molecule has 4 aromatic rings. The fourth-order valence-electron chi connectivity index (χ4n) is 4.85. The Morgan fingerprint density at radius 1 is 0.743 bits per heavy atom. The van der Waals surface area contributed by atoms with Crippen LogP contribution in [-0.4, -0.2) is 4.57 Å². The van der Waals surface area contributed by atoms with Crippen molar-refractivity contribution in [3.05, 3.63) is 81.2 Å². The molecule has 0 bridgehead atoms. The van der Waals surface area contributed by atoms with Crippen LogP contribution in [0, 0.1) is 43.1 Å². The summed E-state index contributed by atoms with van der Waals surface area (Å²) in [5, 5.41) is 22.1. The highest BCUT2D eigenvalue weighted by molar-refractivity contribution is 6.10. The Bertz CT molecular complexity index is 1530. The van der Waals surface area contributed by atoms with Crippen LogP contribution in [0.25, 0.3) is 32.3 Å². The number of benzene rings is 3. The van der Waals surface area contributed by atoms with Crippen molar-refractivity contribution >= 4 is 27.5 Å². The summed E-state index contributed by atoms with van der Waals surface area (Å²) in [4.78, 5) is 3.84. The van der Waals surface area contributed by atoms with Gasteiger partial charge in [-0.05, 0) is 71.2 Å². The summed E-state index contributed by atoms with van der Waals surface area (Å²) in [6, 6.07) is 17.5. The van der Waals surface area contributed by atoms with Gasteiger partial charge in [0.25, 0.3) is 0 Å². The van der Waals surface area contributed by atoms with E-state index in [1.54, 1.807) is 13.8 Å². The molecule has 0 saturated carbocycles. The quantitative estimate of drug-likeness (QED) is 0.269. The molecule has 0 fully saturated rings. The Morgan fingerprint density at radius 3 is 1.57 bits per heavy atom. The van der Waals surface area contributed by atoms with Crippen LogP contribution in [0.15, 0.2) is 36.4 Å². The molecule has 0 N–H and O–H groups in total. The third-order valence-electron chi connectivity index (χ3n) is 7.00. The van der Waals surface area contributed by atoms with Crippen molar-refractivity contribution in [3.8, 4) is 17.8 Å². The van der Waals surface area contributed by atoms with E-state index in [9.17, 15) is 10.5 Å². The largest absolute Gasteiger partial charge is 0.318 e. The van der Waals surface area contributed by atoms with Crippen molar-refractivity contribution in [1.82, 2.24) is 4.57 Å². The maximum atomic E-state index is 10.2. The second-order valence-corrected chi connectivity index (χ2v) is 11.3. The smallest absolute Gasteiger partial charge is 0.216 e. The molecule has 1 aromatic heterocycles. The van der Waals surface area contributed by atoms with Gasteiger partial charge in [0.05, 0.1) is 34.9 Å². The number of fused-ring (bicyclic) bond motifs is 3. The Morgan fingerprint density at radius 2 is 1.20 bits per heavy atom. The van der Waals surface area contributed by atoms with Crippen molar-refractivity contribution in [2.45, 2.75) is 66.2 Å². The van der Waals surface area contributed by atoms with Gasteiger partial charge >= 0.3 is 0 Å². The molecule has 0 amide bonds. The molecule has 4 heteroatoms. The third-order valence-corrected chi connectivity index (χ3v) is 7.00. The van der Waals surface area contributed by atoms with Crippen LogP contribution in [0.3, 0.4) is 0 Å². The van der Waals surface area contributed by atoms with Gasteiger partial charge in [-0.1, -0.05) is 53.7 Å². The highest BCUT2D eigenvalue weighted by atomic mass is 15.0. The number of rotatable bonds is 1. The Hall–Kier alpha value is -4.07. The third kappa shape index (κ3) is 3.65. The van der Waals surface area contributed by atoms with Crippen molar-refractivity contribution < 1.29 is 0 Å². The molecular weight excluding hydrogens is 428 g/mol. The molecule has 35 heavy (non-hydrogen) atoms. The van der Waals surface area contributed by atoms with E-state index in [0.717, 1.165) is 21.8 Å². The number of nitrogens with zero attached hydrogens (tertiary/aromatic N) is 4. The van der Waals surface area contributed by atoms with Crippen LogP contribution in [0.4, 0.5) is 5.69 Å². The van der Waals surface area contributed by atoms with Gasteiger partial charge in [0.1, 0.15) is 6.07 Å². The normalized spacial score (nSPS) is 11.9. The van der Waals surface area contributed by atoms with E-state index in [0.29, 0.717) is 33.6 Å². The van der Waals surface area contributed by atoms with Gasteiger partial charge in [-0.25, -0.2) is 4.85 Å². The van der Waals surface area contributed by atoms with Gasteiger partial charge in [-0.3, -0.25) is 0 Å². The van der Waals surface area contributed by atoms with Crippen LogP contribution < -0.4 is 0 Å². The second-order valence-electron chi connectivity index (χ2n) is 11.3. The first kappa shape index (κ1) is 24.1. The summed E-state index contributed by atoms with van der Waals surface area (Å²) in [6.07, 6.45) is 0. The second kappa shape index (κ2) is 8.01. The van der Waals surface area contributed by atoms with E-state index in [1.807, 2.05) is 0 Å². The molecule has 0 saturated heterocycles. The highest BCUT2D eigenvalue weighted by Gasteiger charge is 2.26. The van der Waals surface area contributed by atoms with Crippen LogP contribution >= 0.6 is 0 Å². The SMILES string of the molecule is [C-]#[N+]c1c(C)c(C#N)c(C)c(C#N)c1-n1c2ccc(C(C)(C)C)cc2c2cc(C(C)(C)C)ccc21. The van der Waals surface area contributed by atoms with Gasteiger partial charge in [0.15, 0.2) is 0 Å². The first-order chi connectivity index (χ1) is 16.3. The molecule has 4 rings (SSSR count). The molecule has 174 valence electrons. The molecule has 0 atom stereocenters. The lowest BCUT2D eigenvalue weighted by atomic mass is 9.85. The zero-order chi connectivity index (χ0) is 25.9. The predicted molar refractivity (Wildman–Crippen MR) is 143 cm³/mol. The monoisotopic (exact) mass is 458 g/mol. The molecule has 0 aliphatic carbocycles. The fourth-order valence-corrected chi connectivity index (χ4v) is 4.85. The first-order valence-corrected chi connectivity index (χ1v) is 11.8. The van der Waals surface area contributed by atoms with Crippen molar-refractivity contribution in [2.24, 2.45) is 0 Å². The predicted octanol–water partition coefficient (Wildman–Crippen LogP) is 8.29. The zero-order valence-corrected chi connectivity index (χ0v) is 21.8. The lowest BCUT2D eigenvalue weighted by molar-refractivity contribution is 0.590. The van der Waals surface area contributed by atoms with E-state index < -0.39 is 0 Å². The van der Waals surface area contributed by atoms with Crippen molar-refractivity contribution in [2.75, 3.05) is 0 Å². The Labute approximate surface area is 207 Å². The summed E-state index contributed by atoms with van der Waals surface area (Å²) in [5.41, 5.74) is 7.21. The topological polar surface area (TPSA) is 56.9 Å². The molecule has 0 aliphatic rings. The van der Waals surface area contributed by atoms with Crippen LogP contribution in [0.1, 0.15) is 74.9 Å². The van der Waals surface area contributed by atoms with Gasteiger partial charge in [0.2, 0.25) is 5.69 Å². The minimum absolute atomic E-state index is 0.0225. The van der Waals surface area contributed by atoms with Crippen LogP contribution in [0.5, 0.6) is 0 Å². The summed E-state index contributed by atoms with van der Waals surface area (Å²) >= 11 is 0. The maximum absolute atomic E-state index is 10.2. The van der Waals surface area contributed by atoms with Crippen molar-refractivity contribution in [3.63, 3.8) is 0 Å². The first-order valence-electron chi connectivity index (χ1n) is 11.8. The van der Waals surface area contributed by atoms with E-state index in [4.69, 9.17) is 6.57 Å². The molecule has 4 nitrogen and oxygen atoms in total. The number of nitriles is 2. The minimum atomic E-state index is -0.0225. The lowest BCUT2D eigenvalue weighted by Crippen LogP contribution is -2.10. The molecular formula is C31H30N4. The van der Waals surface area contributed by atoms with Gasteiger partial charge in [-0.15, -0.1) is 0 Å². The summed E-state index contributed by atoms with van der Waals surface area (Å²) in [6.45, 7) is 24.8. The molecule has 0 aliphatic heterocycles. The lowest BCUT2D eigenvalue weighted by Gasteiger charge is -2.20. The van der Waals surface area contributed by atoms with Gasteiger partial charge < -0.3 is 4.57 Å². The number of aromatic nitrogens is 1.